The summed E-state index contributed by atoms with van der Waals surface area (Å²) < 4.78 is 10.8. The summed E-state index contributed by atoms with van der Waals surface area (Å²) >= 11 is 0.990. The van der Waals surface area contributed by atoms with Crippen LogP contribution < -0.4 is 15.0 Å². The van der Waals surface area contributed by atoms with E-state index in [1.165, 1.54) is 11.8 Å². The summed E-state index contributed by atoms with van der Waals surface area (Å²) in [5.41, 5.74) is 0.253. The van der Waals surface area contributed by atoms with E-state index in [1.54, 1.807) is 27.0 Å². The first-order chi connectivity index (χ1) is 13.2. The summed E-state index contributed by atoms with van der Waals surface area (Å²) in [6.45, 7) is 6.92. The number of carbonyl (C=O) groups excluding carboxylic acids is 3. The Bertz CT molecular complexity index is 970. The molecule has 1 aliphatic rings. The first-order valence-corrected chi connectivity index (χ1v) is 9.52. The number of benzene rings is 1. The summed E-state index contributed by atoms with van der Waals surface area (Å²) in [7, 11) is 1.60. The van der Waals surface area contributed by atoms with Crippen LogP contribution >= 0.6 is 11.3 Å². The van der Waals surface area contributed by atoms with E-state index in [2.05, 4.69) is 10.3 Å². The Hall–Kier alpha value is -2.94. The van der Waals surface area contributed by atoms with Gasteiger partial charge in [-0.3, -0.25) is 14.9 Å². The zero-order valence-corrected chi connectivity index (χ0v) is 17.1. The molecule has 1 N–H and O–H groups in total. The van der Waals surface area contributed by atoms with E-state index in [1.807, 2.05) is 19.1 Å². The van der Waals surface area contributed by atoms with Gasteiger partial charge >= 0.3 is 5.97 Å². The summed E-state index contributed by atoms with van der Waals surface area (Å²) in [5, 5.41) is 2.79. The zero-order chi connectivity index (χ0) is 20.6. The highest BCUT2D eigenvalue weighted by molar-refractivity contribution is 7.17. The van der Waals surface area contributed by atoms with Crippen molar-refractivity contribution in [3.8, 4) is 5.75 Å². The lowest BCUT2D eigenvalue weighted by atomic mass is 10.00. The molecule has 0 spiro atoms. The molecule has 1 aromatic heterocycles. The van der Waals surface area contributed by atoms with Crippen LogP contribution in [0.15, 0.2) is 18.2 Å². The average Bonchev–Trinajstić information content (AvgIpc) is 3.01. The van der Waals surface area contributed by atoms with Crippen molar-refractivity contribution < 1.29 is 23.9 Å². The largest absolute Gasteiger partial charge is 0.465 e. The number of hydrogen-bond donors (Lipinski definition) is 1. The number of ether oxygens (including phenoxy) is 2. The van der Waals surface area contributed by atoms with Crippen molar-refractivity contribution in [2.24, 2.45) is 0 Å². The molecule has 0 fully saturated rings. The molecule has 0 saturated carbocycles. The lowest BCUT2D eigenvalue weighted by Gasteiger charge is -2.37. The van der Waals surface area contributed by atoms with E-state index in [0.29, 0.717) is 22.0 Å². The Kier molecular flexibility index (Phi) is 5.12. The van der Waals surface area contributed by atoms with Gasteiger partial charge in [0.1, 0.15) is 10.6 Å². The summed E-state index contributed by atoms with van der Waals surface area (Å²) in [5.74, 6) is -1.23. The second kappa shape index (κ2) is 7.23. The minimum atomic E-state index is -1.76. The number of aryl methyl sites for hydroxylation is 2. The van der Waals surface area contributed by atoms with Gasteiger partial charge in [0.2, 0.25) is 0 Å². The molecule has 28 heavy (non-hydrogen) atoms. The van der Waals surface area contributed by atoms with Crippen LogP contribution in [0.2, 0.25) is 0 Å². The van der Waals surface area contributed by atoms with Crippen molar-refractivity contribution in [2.45, 2.75) is 33.3 Å². The number of amides is 2. The highest BCUT2D eigenvalue weighted by Gasteiger charge is 2.50. The van der Waals surface area contributed by atoms with Gasteiger partial charge in [-0.1, -0.05) is 17.4 Å². The number of nitrogens with one attached hydrogen (secondary N) is 1. The second-order valence-electron chi connectivity index (χ2n) is 6.58. The number of likely N-dealkylation sites (N-methyl/N-ethyl adjacent to an activating group) is 1. The fourth-order valence-electron chi connectivity index (χ4n) is 2.86. The number of fused-ring (bicyclic) bond motifs is 1. The van der Waals surface area contributed by atoms with Gasteiger partial charge in [0, 0.05) is 7.05 Å². The molecule has 0 saturated heterocycles. The average molecular weight is 403 g/mol. The summed E-state index contributed by atoms with van der Waals surface area (Å²) in [4.78, 5) is 43.6. The van der Waals surface area contributed by atoms with Crippen LogP contribution in [0.25, 0.3) is 0 Å². The zero-order valence-electron chi connectivity index (χ0n) is 16.3. The first-order valence-electron chi connectivity index (χ1n) is 8.71. The normalized spacial score (nSPS) is 18.3. The SMILES string of the molecule is CCOC(=O)c1sc(NC(=O)C2(C)Oc3ccc(C)cc3N(C)C2=O)nc1C. The van der Waals surface area contributed by atoms with Gasteiger partial charge in [0.15, 0.2) is 5.13 Å². The number of nitrogens with zero attached hydrogens (tertiary/aromatic N) is 2. The van der Waals surface area contributed by atoms with E-state index >= 15 is 0 Å². The van der Waals surface area contributed by atoms with Crippen molar-refractivity contribution in [1.82, 2.24) is 4.98 Å². The maximum absolute atomic E-state index is 12.9. The Morgan fingerprint density at radius 3 is 2.75 bits per heavy atom. The number of thiazole rings is 1. The maximum Gasteiger partial charge on any atom is 0.350 e. The molecule has 9 heteroatoms. The Labute approximate surface area is 166 Å². The number of aromatic nitrogens is 1. The summed E-state index contributed by atoms with van der Waals surface area (Å²) in [6, 6.07) is 5.39. The first kappa shape index (κ1) is 19.8. The minimum absolute atomic E-state index is 0.195. The molecule has 1 atom stereocenters. The van der Waals surface area contributed by atoms with Crippen LogP contribution in [-0.4, -0.2) is 42.0 Å². The third kappa shape index (κ3) is 3.33. The lowest BCUT2D eigenvalue weighted by molar-refractivity contribution is -0.144. The van der Waals surface area contributed by atoms with Crippen LogP contribution in [0.4, 0.5) is 10.8 Å². The monoisotopic (exact) mass is 403 g/mol. The third-order valence-electron chi connectivity index (χ3n) is 4.41. The maximum atomic E-state index is 12.9. The number of rotatable bonds is 4. The van der Waals surface area contributed by atoms with E-state index in [4.69, 9.17) is 9.47 Å². The Morgan fingerprint density at radius 1 is 1.36 bits per heavy atom. The predicted molar refractivity (Wildman–Crippen MR) is 105 cm³/mol. The van der Waals surface area contributed by atoms with Crippen molar-refractivity contribution in [3.63, 3.8) is 0 Å². The van der Waals surface area contributed by atoms with Crippen LogP contribution in [0.5, 0.6) is 5.75 Å². The van der Waals surface area contributed by atoms with E-state index in [-0.39, 0.29) is 11.7 Å². The molecule has 1 unspecified atom stereocenters. The number of carbonyl (C=O) groups is 3. The molecule has 1 aliphatic heterocycles. The highest BCUT2D eigenvalue weighted by Crippen LogP contribution is 2.38. The Morgan fingerprint density at radius 2 is 2.07 bits per heavy atom. The van der Waals surface area contributed by atoms with Gasteiger partial charge in [-0.15, -0.1) is 0 Å². The molecule has 2 heterocycles. The number of esters is 1. The van der Waals surface area contributed by atoms with Crippen molar-refractivity contribution in [1.29, 1.82) is 0 Å². The fraction of sp³-hybridized carbons (Fsp3) is 0.368. The molecular formula is C19H21N3O5S. The van der Waals surface area contributed by atoms with Gasteiger partial charge in [-0.25, -0.2) is 9.78 Å². The highest BCUT2D eigenvalue weighted by atomic mass is 32.1. The molecular weight excluding hydrogens is 382 g/mol. The van der Waals surface area contributed by atoms with Gasteiger partial charge < -0.3 is 14.4 Å². The molecule has 0 aliphatic carbocycles. The molecule has 2 amide bonds. The fourth-order valence-corrected chi connectivity index (χ4v) is 3.72. The van der Waals surface area contributed by atoms with E-state index in [0.717, 1.165) is 16.9 Å². The number of hydrogen-bond acceptors (Lipinski definition) is 7. The van der Waals surface area contributed by atoms with Crippen molar-refractivity contribution >= 4 is 39.9 Å². The molecule has 148 valence electrons. The predicted octanol–water partition coefficient (Wildman–Crippen LogP) is 2.69. The molecule has 1 aromatic carbocycles. The number of anilines is 2. The minimum Gasteiger partial charge on any atom is -0.465 e. The van der Waals surface area contributed by atoms with Gasteiger partial charge in [0.25, 0.3) is 17.4 Å². The summed E-state index contributed by atoms with van der Waals surface area (Å²) in [6.07, 6.45) is 0. The topological polar surface area (TPSA) is 97.8 Å². The standard InChI is InChI=1S/C19H21N3O5S/c1-6-26-15(23)14-11(3)20-18(28-14)21-16(24)19(4)17(25)22(5)12-9-10(2)7-8-13(12)27-19/h7-9H,6H2,1-5H3,(H,20,21,24). The van der Waals surface area contributed by atoms with Gasteiger partial charge in [-0.2, -0.15) is 0 Å². The smallest absolute Gasteiger partial charge is 0.350 e. The van der Waals surface area contributed by atoms with Gasteiger partial charge in [-0.05, 0) is 45.4 Å². The van der Waals surface area contributed by atoms with Crippen LogP contribution in [-0.2, 0) is 14.3 Å². The second-order valence-corrected chi connectivity index (χ2v) is 7.58. The lowest BCUT2D eigenvalue weighted by Crippen LogP contribution is -2.59. The molecule has 0 radical (unpaired) electrons. The van der Waals surface area contributed by atoms with Crippen molar-refractivity contribution in [3.05, 3.63) is 34.3 Å². The Balaban J connectivity index is 1.86. The molecule has 0 bridgehead atoms. The molecule has 8 nitrogen and oxygen atoms in total. The van der Waals surface area contributed by atoms with E-state index in [9.17, 15) is 14.4 Å². The van der Waals surface area contributed by atoms with Gasteiger partial charge in [0.05, 0.1) is 18.0 Å². The van der Waals surface area contributed by atoms with E-state index < -0.39 is 23.4 Å². The quantitative estimate of drug-likeness (QED) is 0.623. The molecule has 2 aromatic rings. The van der Waals surface area contributed by atoms with Crippen LogP contribution in [0, 0.1) is 13.8 Å². The molecule has 3 rings (SSSR count). The third-order valence-corrected chi connectivity index (χ3v) is 5.47. The van der Waals surface area contributed by atoms with Crippen molar-refractivity contribution in [2.75, 3.05) is 23.9 Å². The van der Waals surface area contributed by atoms with Crippen LogP contribution in [0.1, 0.15) is 34.8 Å². The van der Waals surface area contributed by atoms with Crippen LogP contribution in [0.3, 0.4) is 0 Å².